The highest BCUT2D eigenvalue weighted by Gasteiger charge is 2.20. The van der Waals surface area contributed by atoms with Crippen molar-refractivity contribution in [1.82, 2.24) is 19.4 Å². The zero-order chi connectivity index (χ0) is 20.4. The van der Waals surface area contributed by atoms with E-state index in [0.29, 0.717) is 11.1 Å². The van der Waals surface area contributed by atoms with Crippen LogP contribution in [0.5, 0.6) is 5.75 Å². The summed E-state index contributed by atoms with van der Waals surface area (Å²) in [5, 5.41) is 0.615. The second-order valence-electron chi connectivity index (χ2n) is 7.31. The van der Waals surface area contributed by atoms with Crippen molar-refractivity contribution in [1.29, 1.82) is 0 Å². The van der Waals surface area contributed by atoms with Crippen LogP contribution in [0, 0.1) is 13.8 Å². The molecule has 1 atom stereocenters. The molecule has 0 spiro atoms. The molecule has 0 fully saturated rings. The highest BCUT2D eigenvalue weighted by atomic mass is 35.5. The number of aromatic nitrogens is 3. The Hall–Kier alpha value is -2.11. The smallest absolute Gasteiger partial charge is 0.159 e. The van der Waals surface area contributed by atoms with Gasteiger partial charge in [0, 0.05) is 24.3 Å². The van der Waals surface area contributed by atoms with Crippen LogP contribution in [0.2, 0.25) is 5.02 Å². The summed E-state index contributed by atoms with van der Waals surface area (Å²) >= 11 is 6.50. The molecule has 6 heteroatoms. The first-order valence-electron chi connectivity index (χ1n) is 9.77. The Morgan fingerprint density at radius 1 is 1.21 bits per heavy atom. The van der Waals surface area contributed by atoms with Gasteiger partial charge in [-0.2, -0.15) is 0 Å². The number of benzene rings is 1. The molecule has 2 aromatic heterocycles. The largest absolute Gasteiger partial charge is 0.497 e. The summed E-state index contributed by atoms with van der Waals surface area (Å²) in [5.74, 6) is 0.730. The van der Waals surface area contributed by atoms with Crippen LogP contribution in [0.15, 0.2) is 24.4 Å². The fourth-order valence-electron chi connectivity index (χ4n) is 3.53. The van der Waals surface area contributed by atoms with Crippen molar-refractivity contribution >= 4 is 22.8 Å². The van der Waals surface area contributed by atoms with Gasteiger partial charge in [0.15, 0.2) is 5.65 Å². The Balaban J connectivity index is 2.11. The molecule has 0 radical (unpaired) electrons. The first kappa shape index (κ1) is 20.6. The van der Waals surface area contributed by atoms with Crippen LogP contribution in [-0.4, -0.2) is 46.7 Å². The maximum absolute atomic E-state index is 6.50. The second kappa shape index (κ2) is 8.50. The topological polar surface area (TPSA) is 43.2 Å². The number of halogens is 1. The lowest BCUT2D eigenvalue weighted by molar-refractivity contribution is 0.285. The standard InChI is InChI=1S/C22H29ClN4O/c1-7-16(13-26(5)8-2)27-12-14(3)20-22(27)24-15(4)21(25-20)18-10-9-17(28-6)11-19(18)23/h9-12,16H,7-8,13H2,1-6H3. The SMILES string of the molecule is CCC(CN(C)CC)n1cc(C)c2nc(-c3ccc(OC)cc3Cl)c(C)nc21. The Kier molecular flexibility index (Phi) is 6.26. The fraction of sp³-hybridized carbons (Fsp3) is 0.455. The summed E-state index contributed by atoms with van der Waals surface area (Å²) < 4.78 is 7.55. The average Bonchev–Trinajstić information content (AvgIpc) is 3.00. The number of nitrogens with zero attached hydrogens (tertiary/aromatic N) is 4. The second-order valence-corrected chi connectivity index (χ2v) is 7.72. The third kappa shape index (κ3) is 3.87. The molecule has 1 aromatic carbocycles. The van der Waals surface area contributed by atoms with Crippen LogP contribution in [0.3, 0.4) is 0 Å². The van der Waals surface area contributed by atoms with Crippen molar-refractivity contribution in [2.75, 3.05) is 27.2 Å². The Morgan fingerprint density at radius 2 is 1.96 bits per heavy atom. The molecule has 0 bridgehead atoms. The monoisotopic (exact) mass is 400 g/mol. The minimum Gasteiger partial charge on any atom is -0.497 e. The Labute approximate surface area is 172 Å². The molecule has 0 N–H and O–H groups in total. The normalized spacial score (nSPS) is 12.7. The molecule has 0 aliphatic rings. The van der Waals surface area contributed by atoms with Crippen molar-refractivity contribution in [2.45, 2.75) is 40.2 Å². The van der Waals surface area contributed by atoms with Gasteiger partial charge in [-0.1, -0.05) is 25.4 Å². The van der Waals surface area contributed by atoms with E-state index in [1.165, 1.54) is 0 Å². The van der Waals surface area contributed by atoms with E-state index in [0.717, 1.165) is 58.9 Å². The van der Waals surface area contributed by atoms with Crippen LogP contribution >= 0.6 is 11.6 Å². The van der Waals surface area contributed by atoms with Gasteiger partial charge in [0.05, 0.1) is 23.5 Å². The molecule has 0 amide bonds. The number of aryl methyl sites for hydroxylation is 2. The van der Waals surface area contributed by atoms with Gasteiger partial charge in [-0.3, -0.25) is 0 Å². The lowest BCUT2D eigenvalue weighted by atomic mass is 10.1. The van der Waals surface area contributed by atoms with Gasteiger partial charge in [-0.15, -0.1) is 0 Å². The molecular formula is C22H29ClN4O. The fourth-order valence-corrected chi connectivity index (χ4v) is 3.79. The highest BCUT2D eigenvalue weighted by Crippen LogP contribution is 2.33. The Bertz CT molecular complexity index is 982. The number of methoxy groups -OCH3 is 1. The zero-order valence-corrected chi connectivity index (χ0v) is 18.3. The molecule has 3 aromatic rings. The third-order valence-electron chi connectivity index (χ3n) is 5.36. The van der Waals surface area contributed by atoms with Crippen LogP contribution in [0.4, 0.5) is 0 Å². The summed E-state index contributed by atoms with van der Waals surface area (Å²) in [6.07, 6.45) is 3.22. The molecule has 1 unspecified atom stereocenters. The summed E-state index contributed by atoms with van der Waals surface area (Å²) in [6, 6.07) is 6.03. The van der Waals surface area contributed by atoms with E-state index in [4.69, 9.17) is 26.3 Å². The average molecular weight is 401 g/mol. The molecular weight excluding hydrogens is 372 g/mol. The summed E-state index contributed by atoms with van der Waals surface area (Å²) in [7, 11) is 3.79. The van der Waals surface area contributed by atoms with E-state index in [2.05, 4.69) is 43.5 Å². The zero-order valence-electron chi connectivity index (χ0n) is 17.6. The van der Waals surface area contributed by atoms with Crippen LogP contribution in [0.25, 0.3) is 22.4 Å². The molecule has 28 heavy (non-hydrogen) atoms. The predicted octanol–water partition coefficient (Wildman–Crippen LogP) is 5.28. The third-order valence-corrected chi connectivity index (χ3v) is 5.67. The van der Waals surface area contributed by atoms with E-state index in [-0.39, 0.29) is 0 Å². The van der Waals surface area contributed by atoms with Gasteiger partial charge in [-0.05, 0) is 57.6 Å². The number of rotatable bonds is 7. The minimum absolute atomic E-state index is 0.366. The molecule has 0 aliphatic carbocycles. The maximum Gasteiger partial charge on any atom is 0.159 e. The van der Waals surface area contributed by atoms with E-state index in [9.17, 15) is 0 Å². The van der Waals surface area contributed by atoms with E-state index in [1.807, 2.05) is 25.1 Å². The molecule has 5 nitrogen and oxygen atoms in total. The van der Waals surface area contributed by atoms with Crippen molar-refractivity contribution in [3.05, 3.63) is 40.7 Å². The van der Waals surface area contributed by atoms with Crippen LogP contribution in [0.1, 0.15) is 37.6 Å². The van der Waals surface area contributed by atoms with Gasteiger partial charge >= 0.3 is 0 Å². The molecule has 3 rings (SSSR count). The lowest BCUT2D eigenvalue weighted by Gasteiger charge is -2.24. The van der Waals surface area contributed by atoms with Gasteiger partial charge in [0.1, 0.15) is 11.3 Å². The molecule has 0 saturated heterocycles. The highest BCUT2D eigenvalue weighted by molar-refractivity contribution is 6.33. The molecule has 0 aliphatic heterocycles. The summed E-state index contributed by atoms with van der Waals surface area (Å²) in [4.78, 5) is 12.3. The lowest BCUT2D eigenvalue weighted by Crippen LogP contribution is -2.27. The van der Waals surface area contributed by atoms with Gasteiger partial charge in [0.2, 0.25) is 0 Å². The van der Waals surface area contributed by atoms with Crippen molar-refractivity contribution < 1.29 is 4.74 Å². The number of fused-ring (bicyclic) bond motifs is 1. The van der Waals surface area contributed by atoms with Crippen LogP contribution in [-0.2, 0) is 0 Å². The van der Waals surface area contributed by atoms with Gasteiger partial charge < -0.3 is 14.2 Å². The van der Waals surface area contributed by atoms with Crippen molar-refractivity contribution in [3.63, 3.8) is 0 Å². The predicted molar refractivity (Wildman–Crippen MR) is 116 cm³/mol. The minimum atomic E-state index is 0.366. The first-order chi connectivity index (χ1) is 13.4. The molecule has 0 saturated carbocycles. The van der Waals surface area contributed by atoms with Crippen LogP contribution < -0.4 is 4.74 Å². The number of hydrogen-bond donors (Lipinski definition) is 0. The quantitative estimate of drug-likeness (QED) is 0.541. The Morgan fingerprint density at radius 3 is 2.57 bits per heavy atom. The first-order valence-corrected chi connectivity index (χ1v) is 10.2. The number of hydrogen-bond acceptors (Lipinski definition) is 4. The van der Waals surface area contributed by atoms with E-state index < -0.39 is 0 Å². The maximum atomic E-state index is 6.50. The summed E-state index contributed by atoms with van der Waals surface area (Å²) in [6.45, 7) is 10.5. The van der Waals surface area contributed by atoms with E-state index >= 15 is 0 Å². The molecule has 2 heterocycles. The van der Waals surface area contributed by atoms with Crippen molar-refractivity contribution in [3.8, 4) is 17.0 Å². The molecule has 150 valence electrons. The number of ether oxygens (including phenoxy) is 1. The summed E-state index contributed by atoms with van der Waals surface area (Å²) in [5.41, 5.74) is 5.58. The van der Waals surface area contributed by atoms with Crippen molar-refractivity contribution in [2.24, 2.45) is 0 Å². The van der Waals surface area contributed by atoms with Gasteiger partial charge in [0.25, 0.3) is 0 Å². The van der Waals surface area contributed by atoms with E-state index in [1.54, 1.807) is 7.11 Å². The number of likely N-dealkylation sites (N-methyl/N-ethyl adjacent to an activating group) is 1. The van der Waals surface area contributed by atoms with Gasteiger partial charge in [-0.25, -0.2) is 9.97 Å².